The molecule has 1 aliphatic heterocycles. The number of aromatic nitrogens is 2. The molecule has 13 heteroatoms. The molecule has 4 rings (SSSR count). The van der Waals surface area contributed by atoms with Crippen molar-refractivity contribution in [3.8, 4) is 0 Å². The van der Waals surface area contributed by atoms with E-state index in [9.17, 15) is 22.8 Å². The van der Waals surface area contributed by atoms with Gasteiger partial charge in [0.15, 0.2) is 5.78 Å². The molecule has 4 N–H and O–H groups in total. The summed E-state index contributed by atoms with van der Waals surface area (Å²) in [6.45, 7) is 0.464. The van der Waals surface area contributed by atoms with E-state index in [0.717, 1.165) is 49.1 Å². The van der Waals surface area contributed by atoms with Crippen molar-refractivity contribution in [2.75, 3.05) is 33.0 Å². The average molecular weight is 585 g/mol. The van der Waals surface area contributed by atoms with Gasteiger partial charge in [-0.2, -0.15) is 0 Å². The molecule has 1 fully saturated rings. The highest BCUT2D eigenvalue weighted by Gasteiger charge is 2.37. The lowest BCUT2D eigenvalue weighted by atomic mass is 9.95. The summed E-state index contributed by atoms with van der Waals surface area (Å²) in [6.07, 6.45) is 5.85. The van der Waals surface area contributed by atoms with Crippen LogP contribution in [0.15, 0.2) is 55.0 Å². The summed E-state index contributed by atoms with van der Waals surface area (Å²) in [5.41, 5.74) is 1.61. The SMILES string of the molecule is COC(=O)[C@H](CNS(C)(=O)=O)NC(=O)CN(Cc1cccc2ccccc12)C(C(=O)Cc1cnc[nH]1)[C@@H]1CCCN1. The van der Waals surface area contributed by atoms with E-state index in [2.05, 4.69) is 25.3 Å². The van der Waals surface area contributed by atoms with E-state index >= 15 is 0 Å². The van der Waals surface area contributed by atoms with Crippen LogP contribution >= 0.6 is 0 Å². The number of rotatable bonds is 14. The van der Waals surface area contributed by atoms with Crippen LogP contribution in [0.2, 0.25) is 0 Å². The minimum Gasteiger partial charge on any atom is -0.467 e. The zero-order valence-corrected chi connectivity index (χ0v) is 23.9. The van der Waals surface area contributed by atoms with E-state index in [1.807, 2.05) is 47.4 Å². The van der Waals surface area contributed by atoms with Gasteiger partial charge in [-0.05, 0) is 35.7 Å². The highest BCUT2D eigenvalue weighted by atomic mass is 32.2. The summed E-state index contributed by atoms with van der Waals surface area (Å²) < 4.78 is 30.3. The topological polar surface area (TPSA) is 163 Å². The number of carbonyl (C=O) groups excluding carboxylic acids is 3. The second-order valence-electron chi connectivity index (χ2n) is 10.2. The molecule has 1 saturated heterocycles. The van der Waals surface area contributed by atoms with Crippen molar-refractivity contribution in [3.05, 3.63) is 66.2 Å². The molecular formula is C28H36N6O6S. The number of nitrogens with one attached hydrogen (secondary N) is 4. The molecule has 2 aromatic carbocycles. The number of amides is 1. The number of nitrogens with zero attached hydrogens (tertiary/aromatic N) is 2. The first-order valence-corrected chi connectivity index (χ1v) is 15.3. The third-order valence-corrected chi connectivity index (χ3v) is 7.78. The molecule has 220 valence electrons. The van der Waals surface area contributed by atoms with E-state index in [1.165, 1.54) is 6.33 Å². The number of ether oxygens (including phenoxy) is 1. The first-order chi connectivity index (χ1) is 19.6. The monoisotopic (exact) mass is 584 g/mol. The highest BCUT2D eigenvalue weighted by molar-refractivity contribution is 7.88. The van der Waals surface area contributed by atoms with Crippen molar-refractivity contribution in [1.29, 1.82) is 0 Å². The molecule has 1 aliphatic rings. The Balaban J connectivity index is 1.65. The molecule has 3 atom stereocenters. The van der Waals surface area contributed by atoms with Crippen molar-refractivity contribution >= 4 is 38.5 Å². The number of imidazole rings is 1. The van der Waals surface area contributed by atoms with E-state index in [4.69, 9.17) is 4.74 Å². The van der Waals surface area contributed by atoms with Crippen LogP contribution in [0.4, 0.5) is 0 Å². The molecule has 1 aromatic heterocycles. The number of ketones is 1. The standard InChI is InChI=1S/C28H36N6O6S/c1-40-28(37)24(15-32-41(2,38)39)33-26(36)17-34(16-20-9-5-8-19-7-3-4-10-22(19)20)27(23-11-6-12-30-23)25(35)13-21-14-29-18-31-21/h3-5,7-10,14,18,23-24,27,30,32H,6,11-13,15-17H2,1-2H3,(H,29,31)(H,33,36)/t23-,24-,27?/m0/s1. The summed E-state index contributed by atoms with van der Waals surface area (Å²) in [5, 5.41) is 8.06. The third-order valence-electron chi connectivity index (χ3n) is 7.09. The van der Waals surface area contributed by atoms with E-state index in [1.54, 1.807) is 6.20 Å². The Morgan fingerprint density at radius 2 is 1.95 bits per heavy atom. The lowest BCUT2D eigenvalue weighted by Gasteiger charge is -2.35. The maximum absolute atomic E-state index is 13.9. The maximum Gasteiger partial charge on any atom is 0.329 e. The van der Waals surface area contributed by atoms with Gasteiger partial charge in [-0.15, -0.1) is 0 Å². The van der Waals surface area contributed by atoms with Crippen LogP contribution in [0.1, 0.15) is 24.1 Å². The number of esters is 1. The number of Topliss-reactive ketones (excluding diaryl/α,β-unsaturated/α-hetero) is 1. The van der Waals surface area contributed by atoms with Gasteiger partial charge in [0, 0.05) is 37.4 Å². The second-order valence-corrected chi connectivity index (χ2v) is 12.0. The number of carbonyl (C=O) groups is 3. The molecule has 0 spiro atoms. The molecule has 0 aliphatic carbocycles. The van der Waals surface area contributed by atoms with Crippen LogP contribution in [-0.4, -0.2) is 92.1 Å². The number of hydrogen-bond donors (Lipinski definition) is 4. The lowest BCUT2D eigenvalue weighted by molar-refractivity contribution is -0.145. The molecule has 0 saturated carbocycles. The van der Waals surface area contributed by atoms with Crippen LogP contribution in [0, 0.1) is 0 Å². The summed E-state index contributed by atoms with van der Waals surface area (Å²) in [5.74, 6) is -1.42. The van der Waals surface area contributed by atoms with Gasteiger partial charge in [-0.25, -0.2) is 22.9 Å². The lowest BCUT2D eigenvalue weighted by Crippen LogP contribution is -2.57. The number of hydrogen-bond acceptors (Lipinski definition) is 9. The number of sulfonamides is 1. The number of benzene rings is 2. The van der Waals surface area contributed by atoms with Crippen molar-refractivity contribution in [2.24, 2.45) is 0 Å². The van der Waals surface area contributed by atoms with Gasteiger partial charge >= 0.3 is 5.97 Å². The van der Waals surface area contributed by atoms with Gasteiger partial charge in [0.1, 0.15) is 6.04 Å². The summed E-state index contributed by atoms with van der Waals surface area (Å²) in [7, 11) is -2.47. The minimum atomic E-state index is -3.62. The van der Waals surface area contributed by atoms with Crippen LogP contribution in [0.5, 0.6) is 0 Å². The second kappa shape index (κ2) is 13.8. The largest absolute Gasteiger partial charge is 0.467 e. The molecule has 1 amide bonds. The molecule has 0 bridgehead atoms. The van der Waals surface area contributed by atoms with Crippen molar-refractivity contribution in [2.45, 2.75) is 43.9 Å². The molecule has 41 heavy (non-hydrogen) atoms. The smallest absolute Gasteiger partial charge is 0.329 e. The van der Waals surface area contributed by atoms with Crippen molar-refractivity contribution in [3.63, 3.8) is 0 Å². The highest BCUT2D eigenvalue weighted by Crippen LogP contribution is 2.24. The Labute approximate surface area is 239 Å². The van der Waals surface area contributed by atoms with E-state index in [-0.39, 0.29) is 37.9 Å². The minimum absolute atomic E-state index is 0.0788. The molecule has 2 heterocycles. The third kappa shape index (κ3) is 8.43. The van der Waals surface area contributed by atoms with Gasteiger partial charge in [-0.3, -0.25) is 14.5 Å². The molecule has 0 radical (unpaired) electrons. The Kier molecular flexibility index (Phi) is 10.2. The zero-order chi connectivity index (χ0) is 29.4. The van der Waals surface area contributed by atoms with Crippen LogP contribution in [-0.2, 0) is 42.1 Å². The summed E-state index contributed by atoms with van der Waals surface area (Å²) in [4.78, 5) is 48.5. The Hall–Kier alpha value is -3.65. The number of fused-ring (bicyclic) bond motifs is 1. The van der Waals surface area contributed by atoms with Gasteiger partial charge in [0.2, 0.25) is 15.9 Å². The normalized spacial score (nSPS) is 16.9. The van der Waals surface area contributed by atoms with Gasteiger partial charge in [0.05, 0.1) is 32.3 Å². The Bertz CT molecular complexity index is 1450. The average Bonchev–Trinajstić information content (AvgIpc) is 3.65. The maximum atomic E-state index is 13.9. The summed E-state index contributed by atoms with van der Waals surface area (Å²) in [6, 6.07) is 11.7. The van der Waals surface area contributed by atoms with Crippen molar-refractivity contribution < 1.29 is 27.5 Å². The Morgan fingerprint density at radius 3 is 2.63 bits per heavy atom. The fourth-order valence-electron chi connectivity index (χ4n) is 5.23. The van der Waals surface area contributed by atoms with Gasteiger partial charge in [-0.1, -0.05) is 42.5 Å². The number of H-pyrrole nitrogens is 1. The van der Waals surface area contributed by atoms with Crippen LogP contribution < -0.4 is 15.4 Å². The van der Waals surface area contributed by atoms with Gasteiger partial charge in [0.25, 0.3) is 0 Å². The van der Waals surface area contributed by atoms with E-state index in [0.29, 0.717) is 5.69 Å². The molecule has 3 aromatic rings. The Morgan fingerprint density at radius 1 is 1.17 bits per heavy atom. The first-order valence-electron chi connectivity index (χ1n) is 13.4. The van der Waals surface area contributed by atoms with Crippen LogP contribution in [0.25, 0.3) is 10.8 Å². The molecule has 12 nitrogen and oxygen atoms in total. The molecule has 1 unspecified atom stereocenters. The fourth-order valence-corrected chi connectivity index (χ4v) is 5.70. The predicted octanol–water partition coefficient (Wildman–Crippen LogP) is 0.504. The van der Waals surface area contributed by atoms with Gasteiger partial charge < -0.3 is 20.4 Å². The number of methoxy groups -OCH3 is 1. The summed E-state index contributed by atoms with van der Waals surface area (Å²) >= 11 is 0. The van der Waals surface area contributed by atoms with Crippen LogP contribution in [0.3, 0.4) is 0 Å². The number of aromatic amines is 1. The van der Waals surface area contributed by atoms with Crippen molar-refractivity contribution in [1.82, 2.24) is 30.2 Å². The first kappa shape index (κ1) is 30.3. The quantitative estimate of drug-likeness (QED) is 0.198. The zero-order valence-electron chi connectivity index (χ0n) is 23.1. The fraction of sp³-hybridized carbons (Fsp3) is 0.429. The predicted molar refractivity (Wildman–Crippen MR) is 153 cm³/mol. The molecular weight excluding hydrogens is 548 g/mol. The van der Waals surface area contributed by atoms with E-state index < -0.39 is 34.0 Å².